The molecule has 1 aromatic heterocycles. The molecule has 1 rings (SSSR count). The van der Waals surface area contributed by atoms with Crippen molar-refractivity contribution in [3.05, 3.63) is 28.9 Å². The summed E-state index contributed by atoms with van der Waals surface area (Å²) in [6, 6.07) is 2.20. The van der Waals surface area contributed by atoms with E-state index in [9.17, 15) is 13.2 Å². The van der Waals surface area contributed by atoms with Crippen molar-refractivity contribution in [3.63, 3.8) is 0 Å². The molecular formula is C8H6BrF3N2S. The summed E-state index contributed by atoms with van der Waals surface area (Å²) >= 11 is 4.40. The first-order valence-electron chi connectivity index (χ1n) is 3.76. The van der Waals surface area contributed by atoms with Gasteiger partial charge in [0.25, 0.3) is 0 Å². The average molecular weight is 299 g/mol. The molecule has 0 saturated carbocycles. The average Bonchev–Trinajstić information content (AvgIpc) is 2.14. The largest absolute Gasteiger partial charge is 0.435 e. The van der Waals surface area contributed by atoms with Crippen LogP contribution >= 0.6 is 27.7 Å². The van der Waals surface area contributed by atoms with Crippen molar-refractivity contribution >= 4 is 27.7 Å². The number of rotatable bonds is 3. The summed E-state index contributed by atoms with van der Waals surface area (Å²) in [4.78, 5) is 0. The van der Waals surface area contributed by atoms with Crippen LogP contribution in [0.3, 0.4) is 0 Å². The molecule has 0 bridgehead atoms. The summed E-state index contributed by atoms with van der Waals surface area (Å²) in [6.45, 7) is 3.59. The standard InChI is InChI=1S/C8H6BrF3N2S/c1-5(9)4-15-7-3-2-6(13-14-7)8(10,11)12/h2-3H,1,4H2. The first kappa shape index (κ1) is 12.5. The van der Waals surface area contributed by atoms with Crippen LogP contribution in [0.25, 0.3) is 0 Å². The molecule has 0 spiro atoms. The normalized spacial score (nSPS) is 11.5. The van der Waals surface area contributed by atoms with Gasteiger partial charge < -0.3 is 0 Å². The summed E-state index contributed by atoms with van der Waals surface area (Å²) in [7, 11) is 0. The zero-order chi connectivity index (χ0) is 11.5. The third kappa shape index (κ3) is 4.21. The molecule has 1 aromatic rings. The van der Waals surface area contributed by atoms with Gasteiger partial charge in [-0.25, -0.2) is 0 Å². The maximum atomic E-state index is 12.1. The summed E-state index contributed by atoms with van der Waals surface area (Å²) in [5.41, 5.74) is -0.982. The first-order valence-corrected chi connectivity index (χ1v) is 5.54. The third-order valence-corrected chi connectivity index (χ3v) is 2.97. The molecule has 0 amide bonds. The van der Waals surface area contributed by atoms with E-state index in [4.69, 9.17) is 0 Å². The van der Waals surface area contributed by atoms with Crippen molar-refractivity contribution in [2.75, 3.05) is 5.75 Å². The Labute approximate surface area is 97.1 Å². The van der Waals surface area contributed by atoms with E-state index in [0.717, 1.165) is 10.5 Å². The Balaban J connectivity index is 2.69. The lowest BCUT2D eigenvalue weighted by Crippen LogP contribution is -2.08. The smallest absolute Gasteiger partial charge is 0.164 e. The maximum Gasteiger partial charge on any atom is 0.435 e. The van der Waals surface area contributed by atoms with E-state index in [1.54, 1.807) is 0 Å². The monoisotopic (exact) mass is 298 g/mol. The van der Waals surface area contributed by atoms with Gasteiger partial charge in [0.05, 0.1) is 0 Å². The molecule has 0 aliphatic rings. The molecule has 0 radical (unpaired) electrons. The Kier molecular flexibility index (Phi) is 4.15. The van der Waals surface area contributed by atoms with Crippen molar-refractivity contribution in [3.8, 4) is 0 Å². The maximum absolute atomic E-state index is 12.1. The highest BCUT2D eigenvalue weighted by Crippen LogP contribution is 2.28. The van der Waals surface area contributed by atoms with Crippen molar-refractivity contribution in [2.45, 2.75) is 11.2 Å². The van der Waals surface area contributed by atoms with Gasteiger partial charge in [0, 0.05) is 5.75 Å². The topological polar surface area (TPSA) is 25.8 Å². The molecular weight excluding hydrogens is 293 g/mol. The fourth-order valence-electron chi connectivity index (χ4n) is 0.700. The predicted octanol–water partition coefficient (Wildman–Crippen LogP) is 3.50. The lowest BCUT2D eigenvalue weighted by Gasteiger charge is -2.04. The number of nitrogens with zero attached hydrogens (tertiary/aromatic N) is 2. The van der Waals surface area contributed by atoms with Gasteiger partial charge >= 0.3 is 6.18 Å². The van der Waals surface area contributed by atoms with E-state index in [1.807, 2.05) is 0 Å². The van der Waals surface area contributed by atoms with Crippen LogP contribution in [0, 0.1) is 0 Å². The second-order valence-corrected chi connectivity index (χ2v) is 4.68. The highest BCUT2D eigenvalue weighted by molar-refractivity contribution is 9.11. The Morgan fingerprint density at radius 1 is 1.40 bits per heavy atom. The molecule has 0 aliphatic heterocycles. The van der Waals surface area contributed by atoms with E-state index >= 15 is 0 Å². The number of aromatic nitrogens is 2. The highest BCUT2D eigenvalue weighted by atomic mass is 79.9. The molecule has 1 heterocycles. The lowest BCUT2D eigenvalue weighted by molar-refractivity contribution is -0.141. The summed E-state index contributed by atoms with van der Waals surface area (Å²) in [5, 5.41) is 6.97. The molecule has 15 heavy (non-hydrogen) atoms. The number of hydrogen-bond donors (Lipinski definition) is 0. The molecule has 0 aromatic carbocycles. The van der Waals surface area contributed by atoms with E-state index in [-0.39, 0.29) is 0 Å². The van der Waals surface area contributed by atoms with Crippen LogP contribution < -0.4 is 0 Å². The van der Waals surface area contributed by atoms with E-state index in [2.05, 4.69) is 32.7 Å². The summed E-state index contributed by atoms with van der Waals surface area (Å²) < 4.78 is 37.1. The van der Waals surface area contributed by atoms with Crippen molar-refractivity contribution in [1.82, 2.24) is 10.2 Å². The molecule has 0 unspecified atom stereocenters. The Morgan fingerprint density at radius 3 is 2.47 bits per heavy atom. The van der Waals surface area contributed by atoms with Gasteiger partial charge in [-0.2, -0.15) is 13.2 Å². The Bertz CT molecular complexity index is 350. The van der Waals surface area contributed by atoms with Crippen molar-refractivity contribution < 1.29 is 13.2 Å². The van der Waals surface area contributed by atoms with Crippen molar-refractivity contribution in [2.24, 2.45) is 0 Å². The Morgan fingerprint density at radius 2 is 2.07 bits per heavy atom. The van der Waals surface area contributed by atoms with Gasteiger partial charge in [-0.3, -0.25) is 0 Å². The molecule has 2 nitrogen and oxygen atoms in total. The fraction of sp³-hybridized carbons (Fsp3) is 0.250. The molecule has 0 aliphatic carbocycles. The van der Waals surface area contributed by atoms with Crippen LogP contribution in [0.15, 0.2) is 28.2 Å². The summed E-state index contributed by atoms with van der Waals surface area (Å²) in [6.07, 6.45) is -4.44. The molecule has 0 saturated heterocycles. The predicted molar refractivity (Wildman–Crippen MR) is 55.8 cm³/mol. The van der Waals surface area contributed by atoms with E-state index < -0.39 is 11.9 Å². The molecule has 82 valence electrons. The second kappa shape index (κ2) is 4.98. The lowest BCUT2D eigenvalue weighted by atomic mass is 10.4. The van der Waals surface area contributed by atoms with Gasteiger partial charge in [0.2, 0.25) is 0 Å². The minimum Gasteiger partial charge on any atom is -0.164 e. The number of thioether (sulfide) groups is 1. The molecule has 0 N–H and O–H groups in total. The number of halogens is 4. The molecule has 0 atom stereocenters. The van der Waals surface area contributed by atoms with Gasteiger partial charge in [-0.1, -0.05) is 34.3 Å². The van der Waals surface area contributed by atoms with Crippen LogP contribution in [0.4, 0.5) is 13.2 Å². The van der Waals surface area contributed by atoms with E-state index in [1.165, 1.54) is 17.8 Å². The summed E-state index contributed by atoms with van der Waals surface area (Å²) in [5.74, 6) is 0.542. The minimum absolute atomic E-state index is 0.434. The SMILES string of the molecule is C=C(Br)CSc1ccc(C(F)(F)F)nn1. The van der Waals surface area contributed by atoms with Crippen LogP contribution in [0.2, 0.25) is 0 Å². The molecule has 0 fully saturated rings. The second-order valence-electron chi connectivity index (χ2n) is 2.56. The molecule has 7 heteroatoms. The van der Waals surface area contributed by atoms with Crippen LogP contribution in [-0.4, -0.2) is 16.0 Å². The van der Waals surface area contributed by atoms with Gasteiger partial charge in [0.1, 0.15) is 5.03 Å². The first-order chi connectivity index (χ1) is 6.89. The fourth-order valence-corrected chi connectivity index (χ4v) is 1.61. The van der Waals surface area contributed by atoms with Crippen molar-refractivity contribution in [1.29, 1.82) is 0 Å². The van der Waals surface area contributed by atoms with E-state index in [0.29, 0.717) is 10.8 Å². The number of alkyl halides is 3. The highest BCUT2D eigenvalue weighted by Gasteiger charge is 2.32. The zero-order valence-corrected chi connectivity index (χ0v) is 9.79. The quantitative estimate of drug-likeness (QED) is 0.799. The minimum atomic E-state index is -4.44. The van der Waals surface area contributed by atoms with Gasteiger partial charge in [-0.15, -0.1) is 10.2 Å². The van der Waals surface area contributed by atoms with Gasteiger partial charge in [0.15, 0.2) is 5.69 Å². The zero-order valence-electron chi connectivity index (χ0n) is 7.38. The van der Waals surface area contributed by atoms with Crippen LogP contribution in [0.5, 0.6) is 0 Å². The number of hydrogen-bond acceptors (Lipinski definition) is 3. The van der Waals surface area contributed by atoms with Gasteiger partial charge in [-0.05, 0) is 16.6 Å². The van der Waals surface area contributed by atoms with Crippen LogP contribution in [-0.2, 0) is 6.18 Å². The third-order valence-electron chi connectivity index (χ3n) is 1.31. The Hall–Kier alpha value is -0.560. The van der Waals surface area contributed by atoms with Crippen LogP contribution in [0.1, 0.15) is 5.69 Å².